The average Bonchev–Trinajstić information content (AvgIpc) is 2.61. The van der Waals surface area contributed by atoms with E-state index in [1.54, 1.807) is 6.07 Å². The van der Waals surface area contributed by atoms with Crippen LogP contribution in [-0.2, 0) is 0 Å². The summed E-state index contributed by atoms with van der Waals surface area (Å²) in [5, 5.41) is 12.6. The number of nitrogens with two attached hydrogens (primary N) is 1. The molecule has 88 valence electrons. The first-order valence-electron chi connectivity index (χ1n) is 4.71. The molecule has 0 unspecified atom stereocenters. The number of nitrogen functional groups attached to an aromatic ring is 1. The van der Waals surface area contributed by atoms with Crippen molar-refractivity contribution in [2.75, 3.05) is 5.73 Å². The number of carboxylic acids is 1. The van der Waals surface area contributed by atoms with Gasteiger partial charge in [0.15, 0.2) is 0 Å². The maximum absolute atomic E-state index is 10.7. The van der Waals surface area contributed by atoms with Gasteiger partial charge >= 0.3 is 5.97 Å². The fraction of sp³-hybridized carbons (Fsp3) is 0.100. The van der Waals surface area contributed by atoms with E-state index in [9.17, 15) is 4.79 Å². The predicted octanol–water partition coefficient (Wildman–Crippen LogP) is 1.62. The van der Waals surface area contributed by atoms with Crippen LogP contribution in [0.4, 0.5) is 5.95 Å². The molecule has 2 aromatic rings. The third-order valence-corrected chi connectivity index (χ3v) is 2.70. The van der Waals surface area contributed by atoms with E-state index < -0.39 is 5.97 Å². The van der Waals surface area contributed by atoms with Crippen molar-refractivity contribution in [2.45, 2.75) is 6.92 Å². The van der Waals surface area contributed by atoms with E-state index >= 15 is 0 Å². The molecule has 0 saturated heterocycles. The number of nitrogens with zero attached hydrogens (tertiary/aromatic N) is 3. The number of rotatable bonds is 2. The zero-order chi connectivity index (χ0) is 12.6. The van der Waals surface area contributed by atoms with E-state index in [1.165, 1.54) is 4.68 Å². The zero-order valence-electron chi connectivity index (χ0n) is 8.88. The van der Waals surface area contributed by atoms with Crippen LogP contribution in [0.1, 0.15) is 16.2 Å². The number of benzene rings is 1. The lowest BCUT2D eigenvalue weighted by Gasteiger charge is -2.06. The lowest BCUT2D eigenvalue weighted by molar-refractivity contribution is 0.0683. The molecule has 1 aromatic carbocycles. The van der Waals surface area contributed by atoms with Gasteiger partial charge in [-0.2, -0.15) is 9.67 Å². The van der Waals surface area contributed by atoms with Gasteiger partial charge in [0.05, 0.1) is 5.69 Å². The topological polar surface area (TPSA) is 94.0 Å². The first-order valence-corrected chi connectivity index (χ1v) is 5.50. The van der Waals surface area contributed by atoms with E-state index in [0.29, 0.717) is 5.69 Å². The molecule has 0 spiro atoms. The lowest BCUT2D eigenvalue weighted by Crippen LogP contribution is -2.05. The normalized spacial score (nSPS) is 10.5. The van der Waals surface area contributed by atoms with Gasteiger partial charge in [-0.25, -0.2) is 4.79 Å². The summed E-state index contributed by atoms with van der Waals surface area (Å²) < 4.78 is 2.24. The van der Waals surface area contributed by atoms with E-state index in [4.69, 9.17) is 10.8 Å². The van der Waals surface area contributed by atoms with Crippen LogP contribution in [0.2, 0.25) is 0 Å². The summed E-state index contributed by atoms with van der Waals surface area (Å²) in [5.74, 6) is -1.47. The summed E-state index contributed by atoms with van der Waals surface area (Å²) in [5.41, 5.74) is 7.24. The summed E-state index contributed by atoms with van der Waals surface area (Å²) in [6.07, 6.45) is 0. The second-order valence-electron chi connectivity index (χ2n) is 3.44. The maximum Gasteiger partial charge on any atom is 0.375 e. The molecule has 0 aliphatic rings. The molecule has 0 saturated carbocycles. The highest BCUT2D eigenvalue weighted by molar-refractivity contribution is 9.10. The molecule has 17 heavy (non-hydrogen) atoms. The van der Waals surface area contributed by atoms with E-state index in [0.717, 1.165) is 10.0 Å². The fourth-order valence-electron chi connectivity index (χ4n) is 1.45. The second kappa shape index (κ2) is 4.17. The lowest BCUT2D eigenvalue weighted by atomic mass is 10.2. The molecule has 7 heteroatoms. The van der Waals surface area contributed by atoms with Crippen molar-refractivity contribution in [3.8, 4) is 5.69 Å². The minimum Gasteiger partial charge on any atom is -0.475 e. The molecule has 1 aromatic heterocycles. The third kappa shape index (κ3) is 2.14. The Kier molecular flexibility index (Phi) is 2.84. The Morgan fingerprint density at radius 1 is 1.53 bits per heavy atom. The van der Waals surface area contributed by atoms with Gasteiger partial charge in [0.1, 0.15) is 0 Å². The maximum atomic E-state index is 10.7. The van der Waals surface area contributed by atoms with E-state index in [2.05, 4.69) is 26.0 Å². The zero-order valence-corrected chi connectivity index (χ0v) is 10.5. The van der Waals surface area contributed by atoms with Crippen LogP contribution in [0.5, 0.6) is 0 Å². The van der Waals surface area contributed by atoms with Crippen molar-refractivity contribution in [1.82, 2.24) is 14.8 Å². The number of aryl methyl sites for hydroxylation is 1. The average molecular weight is 297 g/mol. The number of carbonyl (C=O) groups is 1. The highest BCUT2D eigenvalue weighted by atomic mass is 79.9. The van der Waals surface area contributed by atoms with Crippen molar-refractivity contribution in [3.05, 3.63) is 34.1 Å². The van der Waals surface area contributed by atoms with Gasteiger partial charge in [-0.1, -0.05) is 15.9 Å². The molecule has 0 atom stereocenters. The minimum atomic E-state index is -1.20. The van der Waals surface area contributed by atoms with Crippen LogP contribution >= 0.6 is 15.9 Å². The smallest absolute Gasteiger partial charge is 0.375 e. The standard InChI is InChI=1S/C10H9BrN4O2/c1-5-4-6(11)2-3-7(5)15-10(12)13-8(14-15)9(16)17/h2-4H,1H3,(H,16,17)(H2,12,13,14). The highest BCUT2D eigenvalue weighted by Crippen LogP contribution is 2.20. The predicted molar refractivity (Wildman–Crippen MR) is 65.2 cm³/mol. The molecule has 6 nitrogen and oxygen atoms in total. The van der Waals surface area contributed by atoms with Crippen LogP contribution < -0.4 is 5.73 Å². The minimum absolute atomic E-state index is 0.0489. The highest BCUT2D eigenvalue weighted by Gasteiger charge is 2.15. The Labute approximate surface area is 105 Å². The molecule has 0 radical (unpaired) electrons. The molecular formula is C10H9BrN4O2. The molecule has 0 fully saturated rings. The Morgan fingerprint density at radius 2 is 2.24 bits per heavy atom. The second-order valence-corrected chi connectivity index (χ2v) is 4.36. The number of hydrogen-bond donors (Lipinski definition) is 2. The van der Waals surface area contributed by atoms with E-state index in [-0.39, 0.29) is 11.8 Å². The number of carboxylic acid groups (broad SMARTS) is 1. The Morgan fingerprint density at radius 3 is 2.76 bits per heavy atom. The van der Waals surface area contributed by atoms with Crippen molar-refractivity contribution >= 4 is 27.8 Å². The molecule has 2 rings (SSSR count). The summed E-state index contributed by atoms with van der Waals surface area (Å²) in [4.78, 5) is 14.4. The van der Waals surface area contributed by atoms with Crippen molar-refractivity contribution in [1.29, 1.82) is 0 Å². The monoisotopic (exact) mass is 296 g/mol. The Hall–Kier alpha value is -1.89. The number of halogens is 1. The molecule has 0 bridgehead atoms. The number of anilines is 1. The van der Waals surface area contributed by atoms with Gasteiger partial charge in [0.2, 0.25) is 5.95 Å². The molecule has 3 N–H and O–H groups in total. The van der Waals surface area contributed by atoms with E-state index in [1.807, 2.05) is 19.1 Å². The molecule has 0 aliphatic heterocycles. The summed E-state index contributed by atoms with van der Waals surface area (Å²) >= 11 is 3.35. The van der Waals surface area contributed by atoms with Crippen molar-refractivity contribution < 1.29 is 9.90 Å². The van der Waals surface area contributed by atoms with Crippen LogP contribution in [0.3, 0.4) is 0 Å². The first kappa shape index (κ1) is 11.6. The van der Waals surface area contributed by atoms with Gasteiger partial charge < -0.3 is 10.8 Å². The van der Waals surface area contributed by atoms with Gasteiger partial charge in [-0.3, -0.25) is 0 Å². The van der Waals surface area contributed by atoms with Crippen LogP contribution in [0.25, 0.3) is 5.69 Å². The largest absolute Gasteiger partial charge is 0.475 e. The number of aromatic carboxylic acids is 1. The van der Waals surface area contributed by atoms with Gasteiger partial charge in [-0.15, -0.1) is 5.10 Å². The van der Waals surface area contributed by atoms with Crippen LogP contribution in [0.15, 0.2) is 22.7 Å². The Balaban J connectivity index is 2.56. The number of hydrogen-bond acceptors (Lipinski definition) is 4. The van der Waals surface area contributed by atoms with Gasteiger partial charge in [0, 0.05) is 4.47 Å². The molecule has 1 heterocycles. The molecular weight excluding hydrogens is 288 g/mol. The summed E-state index contributed by atoms with van der Waals surface area (Å²) in [6, 6.07) is 5.50. The van der Waals surface area contributed by atoms with Crippen molar-refractivity contribution in [2.24, 2.45) is 0 Å². The number of aromatic nitrogens is 3. The molecule has 0 amide bonds. The SMILES string of the molecule is Cc1cc(Br)ccc1-n1nc(C(=O)O)nc1N. The first-order chi connectivity index (χ1) is 7.99. The quantitative estimate of drug-likeness (QED) is 0.878. The van der Waals surface area contributed by atoms with Crippen LogP contribution in [0, 0.1) is 6.92 Å². The third-order valence-electron chi connectivity index (χ3n) is 2.21. The van der Waals surface area contributed by atoms with Gasteiger partial charge in [-0.05, 0) is 30.7 Å². The molecule has 0 aliphatic carbocycles. The van der Waals surface area contributed by atoms with Gasteiger partial charge in [0.25, 0.3) is 5.82 Å². The summed E-state index contributed by atoms with van der Waals surface area (Å²) in [7, 11) is 0. The van der Waals surface area contributed by atoms with Crippen LogP contribution in [-0.4, -0.2) is 25.8 Å². The Bertz CT molecular complexity index is 594. The summed E-state index contributed by atoms with van der Waals surface area (Å²) in [6.45, 7) is 1.88. The van der Waals surface area contributed by atoms with Crippen molar-refractivity contribution in [3.63, 3.8) is 0 Å². The fourth-order valence-corrected chi connectivity index (χ4v) is 1.92.